The average Bonchev–Trinajstić information content (AvgIpc) is 1.94. The first-order valence-corrected chi connectivity index (χ1v) is 5.33. The molecule has 78 valence electrons. The fourth-order valence-electron chi connectivity index (χ4n) is 1.72. The summed E-state index contributed by atoms with van der Waals surface area (Å²) < 4.78 is 5.43. The van der Waals surface area contributed by atoms with Crippen LogP contribution in [-0.4, -0.2) is 23.4 Å². The highest BCUT2D eigenvalue weighted by Gasteiger charge is 2.29. The Morgan fingerprint density at radius 1 is 1.46 bits per heavy atom. The molecule has 0 spiro atoms. The van der Waals surface area contributed by atoms with Gasteiger partial charge in [-0.05, 0) is 33.1 Å². The Kier molecular flexibility index (Phi) is 3.74. The van der Waals surface area contributed by atoms with Crippen LogP contribution in [0, 0.1) is 5.92 Å². The van der Waals surface area contributed by atoms with Gasteiger partial charge >= 0.3 is 0 Å². The Morgan fingerprint density at radius 3 is 2.46 bits per heavy atom. The van der Waals surface area contributed by atoms with Gasteiger partial charge in [0.15, 0.2) is 0 Å². The lowest BCUT2D eigenvalue weighted by Crippen LogP contribution is -2.36. The molecule has 1 saturated carbocycles. The Morgan fingerprint density at radius 2 is 2.08 bits per heavy atom. The monoisotopic (exact) mass is 186 g/mol. The van der Waals surface area contributed by atoms with E-state index in [4.69, 9.17) is 4.74 Å². The number of rotatable bonds is 5. The van der Waals surface area contributed by atoms with Crippen LogP contribution in [0.5, 0.6) is 0 Å². The summed E-state index contributed by atoms with van der Waals surface area (Å²) in [5, 5.41) is 9.97. The average molecular weight is 186 g/mol. The van der Waals surface area contributed by atoms with Crippen molar-refractivity contribution < 1.29 is 9.84 Å². The predicted octanol–water partition coefficient (Wildman–Crippen LogP) is 2.35. The van der Waals surface area contributed by atoms with Crippen LogP contribution in [0.25, 0.3) is 0 Å². The lowest BCUT2D eigenvalue weighted by atomic mass is 9.78. The van der Waals surface area contributed by atoms with Crippen molar-refractivity contribution in [2.24, 2.45) is 5.92 Å². The van der Waals surface area contributed by atoms with E-state index in [1.54, 1.807) is 0 Å². The number of hydrogen-bond acceptors (Lipinski definition) is 2. The van der Waals surface area contributed by atoms with Gasteiger partial charge in [-0.1, -0.05) is 19.3 Å². The van der Waals surface area contributed by atoms with E-state index in [-0.39, 0.29) is 6.10 Å². The van der Waals surface area contributed by atoms with E-state index in [1.165, 1.54) is 19.3 Å². The summed E-state index contributed by atoms with van der Waals surface area (Å²) in [5.74, 6) is 0.741. The molecule has 0 saturated heterocycles. The Balaban J connectivity index is 2.19. The van der Waals surface area contributed by atoms with Gasteiger partial charge in [-0.25, -0.2) is 0 Å². The second-order valence-electron chi connectivity index (χ2n) is 4.86. The zero-order valence-corrected chi connectivity index (χ0v) is 9.05. The summed E-state index contributed by atoms with van der Waals surface area (Å²) in [4.78, 5) is 0. The van der Waals surface area contributed by atoms with Gasteiger partial charge in [-0.15, -0.1) is 0 Å². The molecule has 1 aliphatic rings. The maximum Gasteiger partial charge on any atom is 0.0855 e. The van der Waals surface area contributed by atoms with Crippen LogP contribution >= 0.6 is 0 Å². The lowest BCUT2D eigenvalue weighted by molar-refractivity contribution is -0.0708. The van der Waals surface area contributed by atoms with Crippen LogP contribution in [0.4, 0.5) is 0 Å². The first-order chi connectivity index (χ1) is 5.99. The molecule has 0 aromatic rings. The van der Waals surface area contributed by atoms with Crippen LogP contribution in [0.1, 0.15) is 46.5 Å². The van der Waals surface area contributed by atoms with Gasteiger partial charge in [0.05, 0.1) is 18.3 Å². The number of ether oxygens (including phenoxy) is 1. The molecular formula is C11H22O2. The molecule has 0 aliphatic heterocycles. The van der Waals surface area contributed by atoms with Crippen LogP contribution in [-0.2, 0) is 4.74 Å². The van der Waals surface area contributed by atoms with E-state index < -0.39 is 5.60 Å². The fourth-order valence-corrected chi connectivity index (χ4v) is 1.72. The van der Waals surface area contributed by atoms with Gasteiger partial charge in [-0.2, -0.15) is 0 Å². The van der Waals surface area contributed by atoms with Gasteiger partial charge in [0.2, 0.25) is 0 Å². The van der Waals surface area contributed by atoms with E-state index >= 15 is 0 Å². The topological polar surface area (TPSA) is 29.5 Å². The summed E-state index contributed by atoms with van der Waals surface area (Å²) in [5.41, 5.74) is -0.616. The SMILES string of the molecule is CC(C)OCC(C)(O)CC1CCC1. The lowest BCUT2D eigenvalue weighted by Gasteiger charge is -2.33. The first kappa shape index (κ1) is 11.0. The van der Waals surface area contributed by atoms with Crippen LogP contribution < -0.4 is 0 Å². The van der Waals surface area contributed by atoms with E-state index in [0.29, 0.717) is 6.61 Å². The van der Waals surface area contributed by atoms with Crippen LogP contribution in [0.15, 0.2) is 0 Å². The van der Waals surface area contributed by atoms with E-state index in [0.717, 1.165) is 12.3 Å². The second-order valence-corrected chi connectivity index (χ2v) is 4.86. The molecule has 0 heterocycles. The maximum atomic E-state index is 9.97. The van der Waals surface area contributed by atoms with Crippen molar-refractivity contribution in [2.45, 2.75) is 58.2 Å². The highest BCUT2D eigenvalue weighted by Crippen LogP contribution is 2.33. The van der Waals surface area contributed by atoms with Gasteiger partial charge in [-0.3, -0.25) is 0 Å². The van der Waals surface area contributed by atoms with Crippen molar-refractivity contribution >= 4 is 0 Å². The molecule has 13 heavy (non-hydrogen) atoms. The molecule has 0 bridgehead atoms. The Bertz CT molecular complexity index is 148. The molecule has 0 aromatic carbocycles. The van der Waals surface area contributed by atoms with Crippen LogP contribution in [0.2, 0.25) is 0 Å². The molecular weight excluding hydrogens is 164 g/mol. The minimum absolute atomic E-state index is 0.216. The molecule has 1 rings (SSSR count). The van der Waals surface area contributed by atoms with Crippen molar-refractivity contribution in [1.82, 2.24) is 0 Å². The van der Waals surface area contributed by atoms with Crippen molar-refractivity contribution in [1.29, 1.82) is 0 Å². The Labute approximate surface area is 81.3 Å². The molecule has 2 nitrogen and oxygen atoms in total. The smallest absolute Gasteiger partial charge is 0.0855 e. The quantitative estimate of drug-likeness (QED) is 0.714. The molecule has 0 aromatic heterocycles. The van der Waals surface area contributed by atoms with E-state index in [9.17, 15) is 5.11 Å². The number of aliphatic hydroxyl groups is 1. The second kappa shape index (κ2) is 4.43. The van der Waals surface area contributed by atoms with E-state index in [2.05, 4.69) is 0 Å². The molecule has 1 N–H and O–H groups in total. The van der Waals surface area contributed by atoms with Gasteiger partial charge in [0.1, 0.15) is 0 Å². The highest BCUT2D eigenvalue weighted by atomic mass is 16.5. The summed E-state index contributed by atoms with van der Waals surface area (Å²) in [7, 11) is 0. The van der Waals surface area contributed by atoms with Gasteiger partial charge < -0.3 is 9.84 Å². The number of hydrogen-bond donors (Lipinski definition) is 1. The molecule has 0 radical (unpaired) electrons. The Hall–Kier alpha value is -0.0800. The summed E-state index contributed by atoms with van der Waals surface area (Å²) in [6, 6.07) is 0. The minimum atomic E-state index is -0.616. The standard InChI is InChI=1S/C11H22O2/c1-9(2)13-8-11(3,12)7-10-5-4-6-10/h9-10,12H,4-8H2,1-3H3. The zero-order chi connectivity index (χ0) is 9.90. The molecule has 1 fully saturated rings. The third-order valence-corrected chi connectivity index (χ3v) is 2.68. The zero-order valence-electron chi connectivity index (χ0n) is 9.05. The van der Waals surface area contributed by atoms with Gasteiger partial charge in [0, 0.05) is 0 Å². The summed E-state index contributed by atoms with van der Waals surface area (Å²) >= 11 is 0. The summed E-state index contributed by atoms with van der Waals surface area (Å²) in [6.07, 6.45) is 5.04. The van der Waals surface area contributed by atoms with Crippen molar-refractivity contribution in [3.05, 3.63) is 0 Å². The third-order valence-electron chi connectivity index (χ3n) is 2.68. The molecule has 1 unspecified atom stereocenters. The largest absolute Gasteiger partial charge is 0.388 e. The molecule has 2 heteroatoms. The van der Waals surface area contributed by atoms with Crippen molar-refractivity contribution in [3.8, 4) is 0 Å². The minimum Gasteiger partial charge on any atom is -0.388 e. The summed E-state index contributed by atoms with van der Waals surface area (Å²) in [6.45, 7) is 6.35. The van der Waals surface area contributed by atoms with E-state index in [1.807, 2.05) is 20.8 Å². The first-order valence-electron chi connectivity index (χ1n) is 5.33. The highest BCUT2D eigenvalue weighted by molar-refractivity contribution is 4.81. The van der Waals surface area contributed by atoms with Crippen LogP contribution in [0.3, 0.4) is 0 Å². The van der Waals surface area contributed by atoms with Crippen molar-refractivity contribution in [2.75, 3.05) is 6.61 Å². The van der Waals surface area contributed by atoms with Crippen molar-refractivity contribution in [3.63, 3.8) is 0 Å². The molecule has 1 aliphatic carbocycles. The maximum absolute atomic E-state index is 9.97. The normalized spacial score (nSPS) is 22.8. The van der Waals surface area contributed by atoms with Gasteiger partial charge in [0.25, 0.3) is 0 Å². The molecule has 1 atom stereocenters. The fraction of sp³-hybridized carbons (Fsp3) is 1.00. The molecule has 0 amide bonds. The third kappa shape index (κ3) is 4.10. The predicted molar refractivity (Wildman–Crippen MR) is 53.7 cm³/mol.